The lowest BCUT2D eigenvalue weighted by atomic mass is 10.2. The molecule has 3 aromatic rings. The second-order valence-electron chi connectivity index (χ2n) is 6.58. The molecule has 1 saturated heterocycles. The fourth-order valence-corrected chi connectivity index (χ4v) is 3.93. The minimum absolute atomic E-state index is 0.343. The zero-order valence-electron chi connectivity index (χ0n) is 16.4. The quantitative estimate of drug-likeness (QED) is 0.324. The fourth-order valence-electron chi connectivity index (χ4n) is 2.96. The number of anilines is 1. The zero-order valence-corrected chi connectivity index (χ0v) is 17.9. The van der Waals surface area contributed by atoms with Gasteiger partial charge in [0, 0.05) is 5.02 Å². The highest BCUT2D eigenvalue weighted by atomic mass is 35.5. The standard InChI is InChI=1S/C24H18ClNO4S/c25-18-9-11-19(12-10-18)26-23(27)22(31-24(26)28)16-17-5-4-8-21(15-17)30-14-13-29-20-6-2-1-3-7-20/h1-12,15-16H,13-14H2/b22-16-. The van der Waals surface area contributed by atoms with Crippen molar-refractivity contribution in [3.05, 3.63) is 94.4 Å². The van der Waals surface area contributed by atoms with Crippen LogP contribution in [0.25, 0.3) is 6.08 Å². The highest BCUT2D eigenvalue weighted by molar-refractivity contribution is 8.19. The van der Waals surface area contributed by atoms with Crippen LogP contribution in [0.15, 0.2) is 83.8 Å². The van der Waals surface area contributed by atoms with Crippen LogP contribution in [0.2, 0.25) is 5.02 Å². The molecule has 0 aliphatic carbocycles. The van der Waals surface area contributed by atoms with Crippen molar-refractivity contribution in [3.8, 4) is 11.5 Å². The second kappa shape index (κ2) is 9.73. The summed E-state index contributed by atoms with van der Waals surface area (Å²) in [6, 6.07) is 23.4. The third kappa shape index (κ3) is 5.29. The number of carbonyl (C=O) groups is 2. The number of ether oxygens (including phenoxy) is 2. The summed E-state index contributed by atoms with van der Waals surface area (Å²) in [6.07, 6.45) is 1.69. The van der Waals surface area contributed by atoms with E-state index in [2.05, 4.69) is 0 Å². The van der Waals surface area contributed by atoms with Gasteiger partial charge < -0.3 is 9.47 Å². The van der Waals surface area contributed by atoms with Gasteiger partial charge in [0.2, 0.25) is 0 Å². The topological polar surface area (TPSA) is 55.8 Å². The van der Waals surface area contributed by atoms with E-state index in [9.17, 15) is 9.59 Å². The number of carbonyl (C=O) groups excluding carboxylic acids is 2. The van der Waals surface area contributed by atoms with Crippen LogP contribution in [-0.2, 0) is 4.79 Å². The van der Waals surface area contributed by atoms with Gasteiger partial charge in [-0.3, -0.25) is 9.59 Å². The van der Waals surface area contributed by atoms with Crippen molar-refractivity contribution in [1.82, 2.24) is 0 Å². The van der Waals surface area contributed by atoms with Crippen LogP contribution in [-0.4, -0.2) is 24.4 Å². The normalized spacial score (nSPS) is 14.9. The molecule has 0 bridgehead atoms. The van der Waals surface area contributed by atoms with Crippen LogP contribution >= 0.6 is 23.4 Å². The SMILES string of the molecule is O=C1S/C(=C\c2cccc(OCCOc3ccccc3)c2)C(=O)N1c1ccc(Cl)cc1. The molecule has 1 fully saturated rings. The van der Waals surface area contributed by atoms with Crippen molar-refractivity contribution in [2.75, 3.05) is 18.1 Å². The van der Waals surface area contributed by atoms with Gasteiger partial charge in [0.25, 0.3) is 11.1 Å². The van der Waals surface area contributed by atoms with Crippen molar-refractivity contribution < 1.29 is 19.1 Å². The Hall–Kier alpha value is -3.22. The van der Waals surface area contributed by atoms with Crippen molar-refractivity contribution in [2.24, 2.45) is 0 Å². The zero-order chi connectivity index (χ0) is 21.6. The number of thioether (sulfide) groups is 1. The van der Waals surface area contributed by atoms with E-state index in [0.29, 0.717) is 34.6 Å². The summed E-state index contributed by atoms with van der Waals surface area (Å²) in [5.74, 6) is 1.08. The van der Waals surface area contributed by atoms with Gasteiger partial charge in [0.15, 0.2) is 0 Å². The average molecular weight is 452 g/mol. The van der Waals surface area contributed by atoms with Gasteiger partial charge in [-0.25, -0.2) is 4.90 Å². The van der Waals surface area contributed by atoms with Gasteiger partial charge in [0.05, 0.1) is 10.6 Å². The summed E-state index contributed by atoms with van der Waals surface area (Å²) in [6.45, 7) is 0.791. The minimum Gasteiger partial charge on any atom is -0.490 e. The molecule has 31 heavy (non-hydrogen) atoms. The summed E-state index contributed by atoms with van der Waals surface area (Å²) in [7, 11) is 0. The largest absolute Gasteiger partial charge is 0.490 e. The van der Waals surface area contributed by atoms with Crippen LogP contribution in [0.1, 0.15) is 5.56 Å². The van der Waals surface area contributed by atoms with E-state index >= 15 is 0 Å². The molecule has 1 heterocycles. The van der Waals surface area contributed by atoms with Gasteiger partial charge in [-0.2, -0.15) is 0 Å². The highest BCUT2D eigenvalue weighted by Gasteiger charge is 2.36. The maximum absolute atomic E-state index is 12.8. The van der Waals surface area contributed by atoms with E-state index in [4.69, 9.17) is 21.1 Å². The number of rotatable bonds is 7. The van der Waals surface area contributed by atoms with Crippen LogP contribution in [0, 0.1) is 0 Å². The molecular formula is C24H18ClNO4S. The third-order valence-electron chi connectivity index (χ3n) is 4.40. The van der Waals surface area contributed by atoms with Crippen LogP contribution in [0.5, 0.6) is 11.5 Å². The predicted octanol–water partition coefficient (Wildman–Crippen LogP) is 6.04. The number of nitrogens with zero attached hydrogens (tertiary/aromatic N) is 1. The Bertz CT molecular complexity index is 1120. The molecule has 5 nitrogen and oxygen atoms in total. The number of benzene rings is 3. The number of hydrogen-bond donors (Lipinski definition) is 0. The van der Waals surface area contributed by atoms with E-state index < -0.39 is 0 Å². The number of halogens is 1. The first kappa shape index (κ1) is 21.0. The molecule has 0 radical (unpaired) electrons. The van der Waals surface area contributed by atoms with E-state index in [1.165, 1.54) is 0 Å². The van der Waals surface area contributed by atoms with Crippen LogP contribution < -0.4 is 14.4 Å². The molecule has 0 spiro atoms. The molecule has 0 aromatic heterocycles. The van der Waals surface area contributed by atoms with E-state index in [-0.39, 0.29) is 11.1 Å². The van der Waals surface area contributed by atoms with Gasteiger partial charge in [-0.15, -0.1) is 0 Å². The smallest absolute Gasteiger partial charge is 0.298 e. The maximum atomic E-state index is 12.8. The van der Waals surface area contributed by atoms with Crippen molar-refractivity contribution >= 4 is 46.3 Å². The van der Waals surface area contributed by atoms with Crippen LogP contribution in [0.3, 0.4) is 0 Å². The predicted molar refractivity (Wildman–Crippen MR) is 124 cm³/mol. The Balaban J connectivity index is 1.40. The van der Waals surface area contributed by atoms with E-state index in [1.54, 1.807) is 30.3 Å². The number of imide groups is 1. The van der Waals surface area contributed by atoms with Gasteiger partial charge in [0.1, 0.15) is 24.7 Å². The first-order valence-electron chi connectivity index (χ1n) is 9.54. The molecule has 1 aliphatic rings. The van der Waals surface area contributed by atoms with Gasteiger partial charge in [-0.05, 0) is 71.9 Å². The molecule has 0 atom stereocenters. The maximum Gasteiger partial charge on any atom is 0.298 e. The van der Waals surface area contributed by atoms with Crippen molar-refractivity contribution in [3.63, 3.8) is 0 Å². The second-order valence-corrected chi connectivity index (χ2v) is 8.01. The first-order chi connectivity index (χ1) is 15.1. The molecule has 0 saturated carbocycles. The number of para-hydroxylation sites is 1. The summed E-state index contributed by atoms with van der Waals surface area (Å²) in [5.41, 5.74) is 1.26. The van der Waals surface area contributed by atoms with Crippen molar-refractivity contribution in [1.29, 1.82) is 0 Å². The summed E-state index contributed by atoms with van der Waals surface area (Å²) in [4.78, 5) is 26.7. The molecule has 0 N–H and O–H groups in total. The molecule has 2 amide bonds. The molecule has 156 valence electrons. The van der Waals surface area contributed by atoms with E-state index in [1.807, 2.05) is 54.6 Å². The molecule has 4 rings (SSSR count). The van der Waals surface area contributed by atoms with Crippen LogP contribution in [0.4, 0.5) is 10.5 Å². The van der Waals surface area contributed by atoms with Gasteiger partial charge >= 0.3 is 0 Å². The summed E-state index contributed by atoms with van der Waals surface area (Å²) >= 11 is 6.80. The highest BCUT2D eigenvalue weighted by Crippen LogP contribution is 2.36. The molecule has 3 aromatic carbocycles. The Labute approximate surface area is 189 Å². The lowest BCUT2D eigenvalue weighted by molar-refractivity contribution is -0.113. The molecule has 0 unspecified atom stereocenters. The lowest BCUT2D eigenvalue weighted by Crippen LogP contribution is -2.27. The molecular weight excluding hydrogens is 434 g/mol. The Kier molecular flexibility index (Phi) is 6.60. The average Bonchev–Trinajstić information content (AvgIpc) is 3.06. The Morgan fingerprint density at radius 2 is 1.52 bits per heavy atom. The van der Waals surface area contributed by atoms with Crippen molar-refractivity contribution in [2.45, 2.75) is 0 Å². The summed E-state index contributed by atoms with van der Waals surface area (Å²) in [5, 5.41) is 0.196. The monoisotopic (exact) mass is 451 g/mol. The fraction of sp³-hybridized carbons (Fsp3) is 0.0833. The van der Waals surface area contributed by atoms with E-state index in [0.717, 1.165) is 28.0 Å². The molecule has 1 aliphatic heterocycles. The molecule has 7 heteroatoms. The number of amides is 2. The lowest BCUT2D eigenvalue weighted by Gasteiger charge is -2.12. The Morgan fingerprint density at radius 3 is 2.26 bits per heavy atom. The first-order valence-corrected chi connectivity index (χ1v) is 10.7. The third-order valence-corrected chi connectivity index (χ3v) is 5.52. The number of hydrogen-bond acceptors (Lipinski definition) is 5. The minimum atomic E-state index is -0.361. The Morgan fingerprint density at radius 1 is 0.839 bits per heavy atom. The van der Waals surface area contributed by atoms with Gasteiger partial charge in [-0.1, -0.05) is 41.9 Å². The summed E-state index contributed by atoms with van der Waals surface area (Å²) < 4.78 is 11.4.